The van der Waals surface area contributed by atoms with E-state index in [2.05, 4.69) is 0 Å². The molecule has 3 heteroatoms. The first-order valence-electron chi connectivity index (χ1n) is 4.40. The van der Waals surface area contributed by atoms with Crippen molar-refractivity contribution >= 4 is 0 Å². The average molecular weight is 182 g/mol. The van der Waals surface area contributed by atoms with Crippen LogP contribution < -0.4 is 9.47 Å². The summed E-state index contributed by atoms with van der Waals surface area (Å²) in [6, 6.07) is 3.50. The van der Waals surface area contributed by atoms with Gasteiger partial charge in [0.25, 0.3) is 0 Å². The van der Waals surface area contributed by atoms with Gasteiger partial charge in [-0.3, -0.25) is 0 Å². The zero-order valence-corrected chi connectivity index (χ0v) is 7.47. The molecule has 2 rings (SSSR count). The molecule has 1 aromatic carbocycles. The lowest BCUT2D eigenvalue weighted by molar-refractivity contribution is 0.164. The van der Waals surface area contributed by atoms with Crippen molar-refractivity contribution in [2.24, 2.45) is 0 Å². The Morgan fingerprint density at radius 1 is 1.31 bits per heavy atom. The second-order valence-electron chi connectivity index (χ2n) is 2.92. The number of halogens is 1. The van der Waals surface area contributed by atoms with Gasteiger partial charge in [0.1, 0.15) is 13.2 Å². The molecule has 0 radical (unpaired) electrons. The van der Waals surface area contributed by atoms with Gasteiger partial charge >= 0.3 is 0 Å². The Kier molecular flexibility index (Phi) is 2.08. The maximum atomic E-state index is 13.5. The summed E-state index contributed by atoms with van der Waals surface area (Å²) < 4.78 is 24.0. The van der Waals surface area contributed by atoms with Crippen molar-refractivity contribution in [3.63, 3.8) is 0 Å². The molecule has 0 saturated carbocycles. The fraction of sp³-hybridized carbons (Fsp3) is 0.400. The van der Waals surface area contributed by atoms with Gasteiger partial charge in [-0.25, -0.2) is 4.39 Å². The number of ether oxygens (including phenoxy) is 2. The van der Waals surface area contributed by atoms with Crippen molar-refractivity contribution in [3.05, 3.63) is 23.5 Å². The second kappa shape index (κ2) is 3.24. The van der Waals surface area contributed by atoms with E-state index < -0.39 is 0 Å². The Labute approximate surface area is 76.3 Å². The largest absolute Gasteiger partial charge is 0.486 e. The van der Waals surface area contributed by atoms with Crippen molar-refractivity contribution in [2.75, 3.05) is 13.2 Å². The zero-order valence-electron chi connectivity index (χ0n) is 7.47. The second-order valence-corrected chi connectivity index (χ2v) is 2.92. The van der Waals surface area contributed by atoms with Crippen molar-refractivity contribution in [1.29, 1.82) is 0 Å². The quantitative estimate of drug-likeness (QED) is 0.662. The van der Waals surface area contributed by atoms with Crippen LogP contribution in [-0.2, 0) is 6.42 Å². The number of fused-ring (bicyclic) bond motifs is 1. The van der Waals surface area contributed by atoms with Crippen LogP contribution in [-0.4, -0.2) is 13.2 Å². The van der Waals surface area contributed by atoms with E-state index in [1.54, 1.807) is 12.1 Å². The predicted octanol–water partition coefficient (Wildman–Crippen LogP) is 2.16. The molecule has 0 saturated heterocycles. The lowest BCUT2D eigenvalue weighted by Gasteiger charge is -2.19. The highest BCUT2D eigenvalue weighted by atomic mass is 19.1. The smallest absolute Gasteiger partial charge is 0.197 e. The molecule has 0 spiro atoms. The SMILES string of the molecule is CCc1ccc2c(c1F)OCCO2. The number of rotatable bonds is 1. The molecule has 0 aromatic heterocycles. The Bertz CT molecular complexity index is 323. The third-order valence-corrected chi connectivity index (χ3v) is 2.11. The molecule has 1 heterocycles. The number of hydrogen-bond acceptors (Lipinski definition) is 2. The number of aryl methyl sites for hydroxylation is 1. The molecule has 2 nitrogen and oxygen atoms in total. The third kappa shape index (κ3) is 1.34. The van der Waals surface area contributed by atoms with Gasteiger partial charge in [0.05, 0.1) is 0 Å². The van der Waals surface area contributed by atoms with Crippen molar-refractivity contribution in [3.8, 4) is 11.5 Å². The standard InChI is InChI=1S/C10H11FO2/c1-2-7-3-4-8-10(9(7)11)13-6-5-12-8/h3-4H,2,5-6H2,1H3. The minimum Gasteiger partial charge on any atom is -0.486 e. The van der Waals surface area contributed by atoms with Crippen LogP contribution >= 0.6 is 0 Å². The summed E-state index contributed by atoms with van der Waals surface area (Å²) in [6.45, 7) is 2.84. The molecular formula is C10H11FO2. The van der Waals surface area contributed by atoms with Gasteiger partial charge in [0, 0.05) is 0 Å². The van der Waals surface area contributed by atoms with Crippen LogP contribution in [0.25, 0.3) is 0 Å². The summed E-state index contributed by atoms with van der Waals surface area (Å²) in [6.07, 6.45) is 0.669. The maximum Gasteiger partial charge on any atom is 0.197 e. The van der Waals surface area contributed by atoms with Crippen molar-refractivity contribution < 1.29 is 13.9 Å². The molecule has 0 atom stereocenters. The molecule has 1 aliphatic rings. The van der Waals surface area contributed by atoms with E-state index in [0.717, 1.165) is 0 Å². The van der Waals surface area contributed by atoms with E-state index >= 15 is 0 Å². The van der Waals surface area contributed by atoms with Gasteiger partial charge < -0.3 is 9.47 Å². The summed E-state index contributed by atoms with van der Waals surface area (Å²) in [5, 5.41) is 0. The van der Waals surface area contributed by atoms with Gasteiger partial charge in [0.15, 0.2) is 17.3 Å². The van der Waals surface area contributed by atoms with Crippen LogP contribution in [0, 0.1) is 5.82 Å². The van der Waals surface area contributed by atoms with Crippen LogP contribution in [0.2, 0.25) is 0 Å². The van der Waals surface area contributed by atoms with Crippen LogP contribution in [0.5, 0.6) is 11.5 Å². The average Bonchev–Trinajstić information content (AvgIpc) is 2.19. The molecule has 0 unspecified atom stereocenters. The highest BCUT2D eigenvalue weighted by Gasteiger charge is 2.18. The Balaban J connectivity index is 2.48. The zero-order chi connectivity index (χ0) is 9.26. The molecule has 13 heavy (non-hydrogen) atoms. The topological polar surface area (TPSA) is 18.5 Å². The molecule has 1 aliphatic heterocycles. The molecule has 0 fully saturated rings. The molecule has 0 aliphatic carbocycles. The summed E-state index contributed by atoms with van der Waals surface area (Å²) in [5.74, 6) is 0.506. The van der Waals surface area contributed by atoms with Crippen LogP contribution in [0.3, 0.4) is 0 Å². The fourth-order valence-electron chi connectivity index (χ4n) is 1.40. The highest BCUT2D eigenvalue weighted by Crippen LogP contribution is 2.34. The number of hydrogen-bond donors (Lipinski definition) is 0. The van der Waals surface area contributed by atoms with Crippen LogP contribution in [0.1, 0.15) is 12.5 Å². The molecule has 70 valence electrons. The first kappa shape index (κ1) is 8.35. The van der Waals surface area contributed by atoms with Gasteiger partial charge in [-0.05, 0) is 18.1 Å². The van der Waals surface area contributed by atoms with E-state index in [1.807, 2.05) is 6.92 Å². The maximum absolute atomic E-state index is 13.5. The normalized spacial score (nSPS) is 14.3. The Morgan fingerprint density at radius 3 is 2.85 bits per heavy atom. The molecular weight excluding hydrogens is 171 g/mol. The van der Waals surface area contributed by atoms with Gasteiger partial charge in [0.2, 0.25) is 0 Å². The van der Waals surface area contributed by atoms with E-state index in [9.17, 15) is 4.39 Å². The lowest BCUT2D eigenvalue weighted by Crippen LogP contribution is -2.16. The lowest BCUT2D eigenvalue weighted by atomic mass is 10.1. The summed E-state index contributed by atoms with van der Waals surface area (Å²) in [7, 11) is 0. The monoisotopic (exact) mass is 182 g/mol. The van der Waals surface area contributed by atoms with E-state index in [-0.39, 0.29) is 11.6 Å². The van der Waals surface area contributed by atoms with Gasteiger partial charge in [-0.1, -0.05) is 13.0 Å². The minimum absolute atomic E-state index is 0.269. The van der Waals surface area contributed by atoms with E-state index in [1.165, 1.54) is 0 Å². The van der Waals surface area contributed by atoms with E-state index in [0.29, 0.717) is 30.9 Å². The first-order valence-corrected chi connectivity index (χ1v) is 4.40. The Hall–Kier alpha value is -1.25. The van der Waals surface area contributed by atoms with Crippen molar-refractivity contribution in [2.45, 2.75) is 13.3 Å². The Morgan fingerprint density at radius 2 is 2.08 bits per heavy atom. The van der Waals surface area contributed by atoms with Crippen molar-refractivity contribution in [1.82, 2.24) is 0 Å². The highest BCUT2D eigenvalue weighted by molar-refractivity contribution is 5.45. The molecule has 0 amide bonds. The molecule has 0 N–H and O–H groups in total. The van der Waals surface area contributed by atoms with Crippen LogP contribution in [0.15, 0.2) is 12.1 Å². The van der Waals surface area contributed by atoms with Gasteiger partial charge in [-0.2, -0.15) is 0 Å². The van der Waals surface area contributed by atoms with Crippen LogP contribution in [0.4, 0.5) is 4.39 Å². The summed E-state index contributed by atoms with van der Waals surface area (Å²) >= 11 is 0. The van der Waals surface area contributed by atoms with Gasteiger partial charge in [-0.15, -0.1) is 0 Å². The summed E-state index contributed by atoms with van der Waals surface area (Å²) in [5.41, 5.74) is 0.671. The minimum atomic E-state index is -0.278. The third-order valence-electron chi connectivity index (χ3n) is 2.11. The number of benzene rings is 1. The first-order chi connectivity index (χ1) is 6.33. The predicted molar refractivity (Wildman–Crippen MR) is 46.8 cm³/mol. The fourth-order valence-corrected chi connectivity index (χ4v) is 1.40. The van der Waals surface area contributed by atoms with E-state index in [4.69, 9.17) is 9.47 Å². The summed E-state index contributed by atoms with van der Waals surface area (Å²) in [4.78, 5) is 0. The molecule has 0 bridgehead atoms. The molecule has 1 aromatic rings.